The molecule has 100 valence electrons. The zero-order valence-electron chi connectivity index (χ0n) is 12.2. The van der Waals surface area contributed by atoms with Gasteiger partial charge in [-0.05, 0) is 68.8 Å². The van der Waals surface area contributed by atoms with Gasteiger partial charge in [-0.15, -0.1) is 0 Å². The molecule has 2 N–H and O–H groups in total. The minimum absolute atomic E-state index is 0.329. The Morgan fingerprint density at radius 2 is 1.89 bits per heavy atom. The number of rotatable bonds is 3. The van der Waals surface area contributed by atoms with Crippen molar-refractivity contribution in [3.05, 3.63) is 34.4 Å². The van der Waals surface area contributed by atoms with Crippen molar-refractivity contribution < 1.29 is 0 Å². The molecule has 2 heteroatoms. The van der Waals surface area contributed by atoms with E-state index >= 15 is 0 Å². The third-order valence-electron chi connectivity index (χ3n) is 4.40. The van der Waals surface area contributed by atoms with E-state index in [4.69, 9.17) is 5.73 Å². The maximum atomic E-state index is 6.00. The number of nitrogens with two attached hydrogens (primary N) is 1. The van der Waals surface area contributed by atoms with Gasteiger partial charge in [0.05, 0.1) is 0 Å². The normalized spacial score (nSPS) is 22.4. The Morgan fingerprint density at radius 3 is 2.50 bits per heavy atom. The van der Waals surface area contributed by atoms with Gasteiger partial charge < -0.3 is 5.73 Å². The SMILES string of the molecule is Cc1cc(C)c(CN2CCC(C(C)N)C2)cc1C. The smallest absolute Gasteiger partial charge is 0.0236 e. The summed E-state index contributed by atoms with van der Waals surface area (Å²) in [5, 5.41) is 0. The lowest BCUT2D eigenvalue weighted by molar-refractivity contribution is 0.308. The molecule has 2 nitrogen and oxygen atoms in total. The standard InChI is InChI=1S/C16H26N2/c1-11-7-13(3)16(8-12(11)2)10-18-6-5-15(9-18)14(4)17/h7-8,14-15H,5-6,9-10,17H2,1-4H3. The van der Waals surface area contributed by atoms with E-state index in [0.717, 1.165) is 13.1 Å². The van der Waals surface area contributed by atoms with Crippen LogP contribution in [0, 0.1) is 26.7 Å². The van der Waals surface area contributed by atoms with Crippen LogP contribution < -0.4 is 5.73 Å². The Labute approximate surface area is 111 Å². The van der Waals surface area contributed by atoms with E-state index in [1.54, 1.807) is 0 Å². The molecular formula is C16H26N2. The number of benzene rings is 1. The second-order valence-corrected chi connectivity index (χ2v) is 6.01. The van der Waals surface area contributed by atoms with Crippen molar-refractivity contribution in [1.82, 2.24) is 4.90 Å². The third kappa shape index (κ3) is 2.93. The number of nitrogens with zero attached hydrogens (tertiary/aromatic N) is 1. The Balaban J connectivity index is 2.05. The monoisotopic (exact) mass is 246 g/mol. The van der Waals surface area contributed by atoms with Gasteiger partial charge in [0.1, 0.15) is 0 Å². The van der Waals surface area contributed by atoms with E-state index < -0.39 is 0 Å². The van der Waals surface area contributed by atoms with Crippen LogP contribution in [0.3, 0.4) is 0 Å². The predicted octanol–water partition coefficient (Wildman–Crippen LogP) is 2.78. The zero-order valence-corrected chi connectivity index (χ0v) is 12.2. The van der Waals surface area contributed by atoms with Crippen LogP contribution >= 0.6 is 0 Å². The molecule has 1 aliphatic rings. The van der Waals surface area contributed by atoms with Crippen molar-refractivity contribution in [1.29, 1.82) is 0 Å². The molecule has 1 heterocycles. The molecule has 1 fully saturated rings. The van der Waals surface area contributed by atoms with Crippen LogP contribution in [0.15, 0.2) is 12.1 Å². The molecule has 0 amide bonds. The van der Waals surface area contributed by atoms with E-state index in [1.807, 2.05) is 0 Å². The van der Waals surface area contributed by atoms with Gasteiger partial charge in [0.15, 0.2) is 0 Å². The van der Waals surface area contributed by atoms with Crippen molar-refractivity contribution in [3.8, 4) is 0 Å². The molecule has 2 rings (SSSR count). The fourth-order valence-corrected chi connectivity index (χ4v) is 2.87. The predicted molar refractivity (Wildman–Crippen MR) is 77.7 cm³/mol. The van der Waals surface area contributed by atoms with Crippen LogP contribution in [0.25, 0.3) is 0 Å². The molecule has 0 aromatic heterocycles. The first-order chi connectivity index (χ1) is 8.47. The van der Waals surface area contributed by atoms with Crippen molar-refractivity contribution in [2.45, 2.75) is 46.7 Å². The molecule has 0 aliphatic carbocycles. The quantitative estimate of drug-likeness (QED) is 0.888. The Kier molecular flexibility index (Phi) is 4.08. The fourth-order valence-electron chi connectivity index (χ4n) is 2.87. The van der Waals surface area contributed by atoms with Crippen LogP contribution in [-0.4, -0.2) is 24.0 Å². The molecule has 0 spiro atoms. The topological polar surface area (TPSA) is 29.3 Å². The molecule has 1 aromatic carbocycles. The van der Waals surface area contributed by atoms with Crippen molar-refractivity contribution in [2.75, 3.05) is 13.1 Å². The van der Waals surface area contributed by atoms with Crippen LogP contribution in [-0.2, 0) is 6.54 Å². The maximum absolute atomic E-state index is 6.00. The molecule has 18 heavy (non-hydrogen) atoms. The first-order valence-electron chi connectivity index (χ1n) is 7.02. The van der Waals surface area contributed by atoms with Gasteiger partial charge >= 0.3 is 0 Å². The summed E-state index contributed by atoms with van der Waals surface area (Å²) in [4.78, 5) is 2.55. The van der Waals surface area contributed by atoms with Crippen LogP contribution in [0.4, 0.5) is 0 Å². The summed E-state index contributed by atoms with van der Waals surface area (Å²) in [6, 6.07) is 4.99. The van der Waals surface area contributed by atoms with Gasteiger partial charge in [-0.1, -0.05) is 12.1 Å². The Hall–Kier alpha value is -0.860. The second kappa shape index (κ2) is 5.41. The van der Waals surface area contributed by atoms with Crippen LogP contribution in [0.1, 0.15) is 35.6 Å². The van der Waals surface area contributed by atoms with E-state index in [2.05, 4.69) is 44.7 Å². The van der Waals surface area contributed by atoms with Crippen LogP contribution in [0.2, 0.25) is 0 Å². The van der Waals surface area contributed by atoms with E-state index in [-0.39, 0.29) is 0 Å². The molecule has 2 unspecified atom stereocenters. The molecular weight excluding hydrogens is 220 g/mol. The highest BCUT2D eigenvalue weighted by Gasteiger charge is 2.25. The van der Waals surface area contributed by atoms with Crippen molar-refractivity contribution >= 4 is 0 Å². The summed E-state index contributed by atoms with van der Waals surface area (Å²) in [5.41, 5.74) is 11.7. The Bertz CT molecular complexity index is 423. The highest BCUT2D eigenvalue weighted by molar-refractivity contribution is 5.36. The van der Waals surface area contributed by atoms with E-state index in [9.17, 15) is 0 Å². The van der Waals surface area contributed by atoms with Gasteiger partial charge in [0.25, 0.3) is 0 Å². The number of hydrogen-bond acceptors (Lipinski definition) is 2. The van der Waals surface area contributed by atoms with Gasteiger partial charge in [-0.2, -0.15) is 0 Å². The average molecular weight is 246 g/mol. The maximum Gasteiger partial charge on any atom is 0.0236 e. The van der Waals surface area contributed by atoms with Gasteiger partial charge in [0, 0.05) is 19.1 Å². The minimum Gasteiger partial charge on any atom is -0.328 e. The minimum atomic E-state index is 0.329. The fraction of sp³-hybridized carbons (Fsp3) is 0.625. The summed E-state index contributed by atoms with van der Waals surface area (Å²) in [6.45, 7) is 12.2. The highest BCUT2D eigenvalue weighted by Crippen LogP contribution is 2.23. The number of hydrogen-bond donors (Lipinski definition) is 1. The van der Waals surface area contributed by atoms with E-state index in [0.29, 0.717) is 12.0 Å². The van der Waals surface area contributed by atoms with Gasteiger partial charge in [0.2, 0.25) is 0 Å². The van der Waals surface area contributed by atoms with Crippen LogP contribution in [0.5, 0.6) is 0 Å². The molecule has 2 atom stereocenters. The molecule has 1 saturated heterocycles. The number of likely N-dealkylation sites (tertiary alicyclic amines) is 1. The average Bonchev–Trinajstić information content (AvgIpc) is 2.74. The lowest BCUT2D eigenvalue weighted by Crippen LogP contribution is -2.29. The van der Waals surface area contributed by atoms with Gasteiger partial charge in [-0.25, -0.2) is 0 Å². The molecule has 0 saturated carbocycles. The zero-order chi connectivity index (χ0) is 13.3. The van der Waals surface area contributed by atoms with Crippen molar-refractivity contribution in [3.63, 3.8) is 0 Å². The second-order valence-electron chi connectivity index (χ2n) is 6.01. The van der Waals surface area contributed by atoms with Crippen molar-refractivity contribution in [2.24, 2.45) is 11.7 Å². The third-order valence-corrected chi connectivity index (χ3v) is 4.40. The first-order valence-corrected chi connectivity index (χ1v) is 7.02. The molecule has 0 radical (unpaired) electrons. The largest absolute Gasteiger partial charge is 0.328 e. The highest BCUT2D eigenvalue weighted by atomic mass is 15.1. The van der Waals surface area contributed by atoms with Gasteiger partial charge in [-0.3, -0.25) is 4.90 Å². The lowest BCUT2D eigenvalue weighted by Gasteiger charge is -2.19. The summed E-state index contributed by atoms with van der Waals surface area (Å²) in [5.74, 6) is 0.678. The molecule has 0 bridgehead atoms. The lowest BCUT2D eigenvalue weighted by atomic mass is 10.0. The number of aryl methyl sites for hydroxylation is 3. The molecule has 1 aliphatic heterocycles. The van der Waals surface area contributed by atoms with E-state index in [1.165, 1.54) is 35.2 Å². The Morgan fingerprint density at radius 1 is 1.22 bits per heavy atom. The molecule has 1 aromatic rings. The summed E-state index contributed by atoms with van der Waals surface area (Å²) in [7, 11) is 0. The summed E-state index contributed by atoms with van der Waals surface area (Å²) in [6.07, 6.45) is 1.25. The summed E-state index contributed by atoms with van der Waals surface area (Å²) < 4.78 is 0. The summed E-state index contributed by atoms with van der Waals surface area (Å²) >= 11 is 0. The first kappa shape index (κ1) is 13.6.